The molecule has 0 spiro atoms. The molecule has 25 heavy (non-hydrogen) atoms. The molecule has 0 saturated carbocycles. The van der Waals surface area contributed by atoms with E-state index in [-0.39, 0.29) is 10.7 Å². The molecule has 1 N–H and O–H groups in total. The molecule has 0 fully saturated rings. The van der Waals surface area contributed by atoms with E-state index in [1.54, 1.807) is 19.1 Å². The van der Waals surface area contributed by atoms with E-state index in [4.69, 9.17) is 11.6 Å². The summed E-state index contributed by atoms with van der Waals surface area (Å²) in [6.45, 7) is 0.966. The second-order valence-electron chi connectivity index (χ2n) is 5.32. The highest BCUT2D eigenvalue weighted by atomic mass is 35.5. The highest BCUT2D eigenvalue weighted by molar-refractivity contribution is 7.88. The number of halogens is 3. The van der Waals surface area contributed by atoms with Crippen LogP contribution in [0.2, 0.25) is 5.02 Å². The predicted octanol–water partition coefficient (Wildman–Crippen LogP) is 3.14. The maximum atomic E-state index is 14.2. The van der Waals surface area contributed by atoms with E-state index in [1.165, 1.54) is 6.07 Å². The van der Waals surface area contributed by atoms with Crippen molar-refractivity contribution in [1.82, 2.24) is 4.72 Å². The third-order valence-corrected chi connectivity index (χ3v) is 4.21. The first-order valence-electron chi connectivity index (χ1n) is 7.08. The molecule has 0 aromatic heterocycles. The van der Waals surface area contributed by atoms with E-state index in [0.29, 0.717) is 5.56 Å². The standard InChI is InChI=1S/C16H15ClF2N2O3S/c1-10-6-7-11(17)8-14(10)21(15(22)9-20-25(2,23)24)16-12(18)4-3-5-13(16)19/h3-8,20H,9H2,1-2H3. The molecule has 5 nitrogen and oxygen atoms in total. The Kier molecular flexibility index (Phi) is 5.76. The summed E-state index contributed by atoms with van der Waals surface area (Å²) < 4.78 is 53.0. The SMILES string of the molecule is Cc1ccc(Cl)cc1N(C(=O)CNS(C)(=O)=O)c1c(F)cccc1F. The van der Waals surface area contributed by atoms with Gasteiger partial charge in [-0.05, 0) is 36.8 Å². The van der Waals surface area contributed by atoms with Gasteiger partial charge in [0, 0.05) is 5.02 Å². The summed E-state index contributed by atoms with van der Waals surface area (Å²) in [5.74, 6) is -2.79. The Morgan fingerprint density at radius 1 is 1.20 bits per heavy atom. The van der Waals surface area contributed by atoms with Gasteiger partial charge in [0.25, 0.3) is 0 Å². The van der Waals surface area contributed by atoms with Crippen LogP contribution in [0.25, 0.3) is 0 Å². The van der Waals surface area contributed by atoms with E-state index in [1.807, 2.05) is 4.72 Å². The fraction of sp³-hybridized carbons (Fsp3) is 0.188. The summed E-state index contributed by atoms with van der Waals surface area (Å²) in [7, 11) is -3.67. The normalized spacial score (nSPS) is 11.4. The third-order valence-electron chi connectivity index (χ3n) is 3.31. The zero-order chi connectivity index (χ0) is 18.8. The van der Waals surface area contributed by atoms with Gasteiger partial charge in [-0.25, -0.2) is 21.9 Å². The van der Waals surface area contributed by atoms with Crippen molar-refractivity contribution < 1.29 is 22.0 Å². The van der Waals surface area contributed by atoms with Crippen LogP contribution in [0.5, 0.6) is 0 Å². The van der Waals surface area contributed by atoms with Crippen LogP contribution in [-0.4, -0.2) is 27.1 Å². The second kappa shape index (κ2) is 7.47. The van der Waals surface area contributed by atoms with Gasteiger partial charge in [0.05, 0.1) is 18.5 Å². The van der Waals surface area contributed by atoms with Gasteiger partial charge in [-0.15, -0.1) is 0 Å². The van der Waals surface area contributed by atoms with E-state index < -0.39 is 39.8 Å². The lowest BCUT2D eigenvalue weighted by atomic mass is 10.1. The van der Waals surface area contributed by atoms with Gasteiger partial charge < -0.3 is 0 Å². The lowest BCUT2D eigenvalue weighted by Gasteiger charge is -2.25. The van der Waals surface area contributed by atoms with Crippen LogP contribution in [0.3, 0.4) is 0 Å². The van der Waals surface area contributed by atoms with Crippen LogP contribution in [0.1, 0.15) is 5.56 Å². The Balaban J connectivity index is 2.60. The highest BCUT2D eigenvalue weighted by Crippen LogP contribution is 2.34. The largest absolute Gasteiger partial charge is 0.274 e. The average molecular weight is 389 g/mol. The molecule has 0 saturated heterocycles. The van der Waals surface area contributed by atoms with Gasteiger partial charge in [0.1, 0.15) is 17.3 Å². The number of nitrogens with zero attached hydrogens (tertiary/aromatic N) is 1. The Labute approximate surface area is 149 Å². The van der Waals surface area contributed by atoms with Crippen molar-refractivity contribution in [1.29, 1.82) is 0 Å². The number of sulfonamides is 1. The van der Waals surface area contributed by atoms with Gasteiger partial charge in [0.15, 0.2) is 0 Å². The minimum atomic E-state index is -3.67. The molecule has 2 aromatic rings. The van der Waals surface area contributed by atoms with Crippen molar-refractivity contribution >= 4 is 38.9 Å². The van der Waals surface area contributed by atoms with Crippen LogP contribution in [0.15, 0.2) is 36.4 Å². The molecule has 0 atom stereocenters. The number of carbonyl (C=O) groups is 1. The third kappa shape index (κ3) is 4.75. The molecule has 2 aromatic carbocycles. The van der Waals surface area contributed by atoms with Crippen molar-refractivity contribution in [2.75, 3.05) is 17.7 Å². The van der Waals surface area contributed by atoms with Crippen molar-refractivity contribution in [3.63, 3.8) is 0 Å². The van der Waals surface area contributed by atoms with E-state index in [2.05, 4.69) is 0 Å². The zero-order valence-electron chi connectivity index (χ0n) is 13.4. The quantitative estimate of drug-likeness (QED) is 0.855. The summed E-state index contributed by atoms with van der Waals surface area (Å²) in [4.78, 5) is 13.4. The van der Waals surface area contributed by atoms with Gasteiger partial charge >= 0.3 is 0 Å². The number of amides is 1. The fourth-order valence-electron chi connectivity index (χ4n) is 2.18. The predicted molar refractivity (Wildman–Crippen MR) is 92.5 cm³/mol. The topological polar surface area (TPSA) is 66.5 Å². The summed E-state index contributed by atoms with van der Waals surface area (Å²) in [6.07, 6.45) is 0.874. The number of nitrogens with one attached hydrogen (secondary N) is 1. The Morgan fingerprint density at radius 2 is 1.80 bits per heavy atom. The molecule has 0 bridgehead atoms. The molecular weight excluding hydrogens is 374 g/mol. The molecule has 0 aliphatic carbocycles. The number of carbonyl (C=O) groups excluding carboxylic acids is 1. The molecule has 2 rings (SSSR count). The molecule has 0 radical (unpaired) electrons. The number of hydrogen-bond donors (Lipinski definition) is 1. The Bertz CT molecular complexity index is 899. The molecule has 1 amide bonds. The molecule has 9 heteroatoms. The number of aryl methyl sites for hydroxylation is 1. The Hall–Kier alpha value is -2.03. The van der Waals surface area contributed by atoms with Crippen LogP contribution in [0, 0.1) is 18.6 Å². The van der Waals surface area contributed by atoms with E-state index in [9.17, 15) is 22.0 Å². The number of para-hydroxylation sites is 1. The van der Waals surface area contributed by atoms with Crippen molar-refractivity contribution in [2.45, 2.75) is 6.92 Å². The maximum Gasteiger partial charge on any atom is 0.246 e. The fourth-order valence-corrected chi connectivity index (χ4v) is 2.73. The summed E-state index contributed by atoms with van der Waals surface area (Å²) in [5, 5.41) is 0.256. The van der Waals surface area contributed by atoms with Crippen LogP contribution < -0.4 is 9.62 Å². The maximum absolute atomic E-state index is 14.2. The summed E-state index contributed by atoms with van der Waals surface area (Å²) in [6, 6.07) is 7.69. The van der Waals surface area contributed by atoms with E-state index >= 15 is 0 Å². The van der Waals surface area contributed by atoms with Crippen molar-refractivity contribution in [3.05, 3.63) is 58.6 Å². The van der Waals surface area contributed by atoms with Gasteiger partial charge in [0.2, 0.25) is 15.9 Å². The minimum Gasteiger partial charge on any atom is -0.274 e. The first kappa shape index (κ1) is 19.3. The number of hydrogen-bond acceptors (Lipinski definition) is 3. The lowest BCUT2D eigenvalue weighted by molar-refractivity contribution is -0.116. The minimum absolute atomic E-state index is 0.150. The monoisotopic (exact) mass is 388 g/mol. The van der Waals surface area contributed by atoms with Crippen molar-refractivity contribution in [3.8, 4) is 0 Å². The molecule has 134 valence electrons. The number of rotatable bonds is 5. The molecule has 0 heterocycles. The zero-order valence-corrected chi connectivity index (χ0v) is 15.0. The molecule has 0 aliphatic rings. The first-order valence-corrected chi connectivity index (χ1v) is 9.35. The molecule has 0 unspecified atom stereocenters. The first-order chi connectivity index (χ1) is 11.6. The highest BCUT2D eigenvalue weighted by Gasteiger charge is 2.26. The van der Waals surface area contributed by atoms with E-state index in [0.717, 1.165) is 29.4 Å². The smallest absolute Gasteiger partial charge is 0.246 e. The lowest BCUT2D eigenvalue weighted by Crippen LogP contribution is -2.38. The van der Waals surface area contributed by atoms with Crippen LogP contribution >= 0.6 is 11.6 Å². The van der Waals surface area contributed by atoms with Gasteiger partial charge in [-0.2, -0.15) is 0 Å². The van der Waals surface area contributed by atoms with Gasteiger partial charge in [-0.3, -0.25) is 9.69 Å². The van der Waals surface area contributed by atoms with Crippen LogP contribution in [-0.2, 0) is 14.8 Å². The van der Waals surface area contributed by atoms with Crippen molar-refractivity contribution in [2.24, 2.45) is 0 Å². The average Bonchev–Trinajstić information content (AvgIpc) is 2.51. The molecular formula is C16H15ClF2N2O3S. The van der Waals surface area contributed by atoms with Crippen LogP contribution in [0.4, 0.5) is 20.2 Å². The van der Waals surface area contributed by atoms with Gasteiger partial charge in [-0.1, -0.05) is 23.7 Å². The summed E-state index contributed by atoms with van der Waals surface area (Å²) >= 11 is 5.95. The second-order valence-corrected chi connectivity index (χ2v) is 7.59. The number of benzene rings is 2. The number of anilines is 2. The molecule has 0 aliphatic heterocycles. The summed E-state index contributed by atoms with van der Waals surface area (Å²) in [5.41, 5.74) is 0.0738. The Morgan fingerprint density at radius 3 is 2.36 bits per heavy atom.